The standard InChI is InChI=1S/C20H30N6S/c1-3-24(4-2)18(17-8-6-5-7-9-17)16-23-19(21)25-11-13-26(14-12-25)20-22-10-15-27-20/h5-10,15,18H,3-4,11-14,16H2,1-2H3,(H2,21,23). The molecule has 0 amide bonds. The van der Waals surface area contributed by atoms with E-state index in [1.165, 1.54) is 5.56 Å². The summed E-state index contributed by atoms with van der Waals surface area (Å²) >= 11 is 1.69. The molecule has 27 heavy (non-hydrogen) atoms. The van der Waals surface area contributed by atoms with Crippen LogP contribution in [0.1, 0.15) is 25.5 Å². The molecule has 7 heteroatoms. The Morgan fingerprint density at radius 1 is 1.19 bits per heavy atom. The van der Waals surface area contributed by atoms with Crippen molar-refractivity contribution in [1.29, 1.82) is 0 Å². The fraction of sp³-hybridized carbons (Fsp3) is 0.500. The molecule has 2 N–H and O–H groups in total. The van der Waals surface area contributed by atoms with Crippen molar-refractivity contribution in [1.82, 2.24) is 14.8 Å². The van der Waals surface area contributed by atoms with E-state index in [9.17, 15) is 0 Å². The Balaban J connectivity index is 1.62. The average molecular weight is 387 g/mol. The summed E-state index contributed by atoms with van der Waals surface area (Å²) in [5, 5.41) is 3.12. The molecule has 1 aliphatic rings. The summed E-state index contributed by atoms with van der Waals surface area (Å²) in [4.78, 5) is 16.1. The number of nitrogens with zero attached hydrogens (tertiary/aromatic N) is 5. The third-order valence-electron chi connectivity index (χ3n) is 5.16. The van der Waals surface area contributed by atoms with Gasteiger partial charge in [0.05, 0.1) is 12.6 Å². The van der Waals surface area contributed by atoms with Gasteiger partial charge in [0.25, 0.3) is 0 Å². The first kappa shape index (κ1) is 19.6. The molecular weight excluding hydrogens is 356 g/mol. The summed E-state index contributed by atoms with van der Waals surface area (Å²) in [7, 11) is 0. The van der Waals surface area contributed by atoms with Gasteiger partial charge in [0, 0.05) is 37.8 Å². The van der Waals surface area contributed by atoms with Crippen molar-refractivity contribution >= 4 is 22.4 Å². The van der Waals surface area contributed by atoms with Crippen LogP contribution in [-0.4, -0.2) is 66.6 Å². The molecule has 6 nitrogen and oxygen atoms in total. The van der Waals surface area contributed by atoms with Gasteiger partial charge in [-0.15, -0.1) is 11.3 Å². The first-order valence-corrected chi connectivity index (χ1v) is 10.6. The van der Waals surface area contributed by atoms with Gasteiger partial charge in [-0.1, -0.05) is 44.2 Å². The number of guanidine groups is 1. The highest BCUT2D eigenvalue weighted by Gasteiger charge is 2.21. The zero-order valence-electron chi connectivity index (χ0n) is 16.3. The lowest BCUT2D eigenvalue weighted by Crippen LogP contribution is -2.51. The van der Waals surface area contributed by atoms with Crippen molar-refractivity contribution in [3.05, 3.63) is 47.5 Å². The maximum Gasteiger partial charge on any atom is 0.191 e. The van der Waals surface area contributed by atoms with Crippen LogP contribution in [0.5, 0.6) is 0 Å². The highest BCUT2D eigenvalue weighted by atomic mass is 32.1. The number of likely N-dealkylation sites (N-methyl/N-ethyl adjacent to an activating group) is 1. The fourth-order valence-corrected chi connectivity index (χ4v) is 4.25. The number of aliphatic imine (C=N–C) groups is 1. The number of thiazole rings is 1. The van der Waals surface area contributed by atoms with Crippen molar-refractivity contribution in [2.75, 3.05) is 50.7 Å². The van der Waals surface area contributed by atoms with E-state index in [0.29, 0.717) is 12.5 Å². The summed E-state index contributed by atoms with van der Waals surface area (Å²) in [5.74, 6) is 0.655. The van der Waals surface area contributed by atoms with E-state index in [1.807, 2.05) is 11.6 Å². The van der Waals surface area contributed by atoms with Gasteiger partial charge in [-0.2, -0.15) is 0 Å². The SMILES string of the molecule is CCN(CC)C(CN=C(N)N1CCN(c2nccs2)CC1)c1ccccc1. The Kier molecular flexibility index (Phi) is 7.06. The molecule has 0 spiro atoms. The first-order valence-electron chi connectivity index (χ1n) is 9.71. The lowest BCUT2D eigenvalue weighted by atomic mass is 10.1. The number of piperazine rings is 1. The predicted molar refractivity (Wildman–Crippen MR) is 114 cm³/mol. The van der Waals surface area contributed by atoms with Gasteiger partial charge in [-0.25, -0.2) is 4.98 Å². The van der Waals surface area contributed by atoms with Gasteiger partial charge in [-0.3, -0.25) is 9.89 Å². The van der Waals surface area contributed by atoms with Crippen LogP contribution in [0, 0.1) is 0 Å². The number of hydrogen-bond acceptors (Lipinski definition) is 5. The zero-order chi connectivity index (χ0) is 19.1. The summed E-state index contributed by atoms with van der Waals surface area (Å²) in [5.41, 5.74) is 7.65. The fourth-order valence-electron chi connectivity index (χ4n) is 3.55. The van der Waals surface area contributed by atoms with Crippen LogP contribution in [0.4, 0.5) is 5.13 Å². The summed E-state index contributed by atoms with van der Waals surface area (Å²) in [6.45, 7) is 10.7. The maximum absolute atomic E-state index is 6.35. The summed E-state index contributed by atoms with van der Waals surface area (Å²) < 4.78 is 0. The number of aromatic nitrogens is 1. The molecule has 1 unspecified atom stereocenters. The second kappa shape index (κ2) is 9.71. The number of anilines is 1. The van der Waals surface area contributed by atoms with E-state index < -0.39 is 0 Å². The molecule has 1 aliphatic heterocycles. The largest absolute Gasteiger partial charge is 0.370 e. The minimum absolute atomic E-state index is 0.261. The number of benzene rings is 1. The van der Waals surface area contributed by atoms with Crippen molar-refractivity contribution in [3.63, 3.8) is 0 Å². The van der Waals surface area contributed by atoms with E-state index >= 15 is 0 Å². The molecule has 2 heterocycles. The van der Waals surface area contributed by atoms with Crippen LogP contribution in [0.3, 0.4) is 0 Å². The molecule has 0 saturated carbocycles. The van der Waals surface area contributed by atoms with Crippen molar-refractivity contribution in [3.8, 4) is 0 Å². The Morgan fingerprint density at radius 2 is 1.89 bits per heavy atom. The zero-order valence-corrected chi connectivity index (χ0v) is 17.1. The van der Waals surface area contributed by atoms with E-state index in [2.05, 4.69) is 63.9 Å². The van der Waals surface area contributed by atoms with Gasteiger partial charge in [-0.05, 0) is 18.7 Å². The molecule has 1 aromatic carbocycles. The quantitative estimate of drug-likeness (QED) is 0.586. The third-order valence-corrected chi connectivity index (χ3v) is 5.99. The highest BCUT2D eigenvalue weighted by Crippen LogP contribution is 2.21. The lowest BCUT2D eigenvalue weighted by Gasteiger charge is -2.35. The summed E-state index contributed by atoms with van der Waals surface area (Å²) in [6, 6.07) is 10.9. The Morgan fingerprint density at radius 3 is 2.48 bits per heavy atom. The topological polar surface area (TPSA) is 61.0 Å². The van der Waals surface area contributed by atoms with Crippen LogP contribution in [0.15, 0.2) is 46.9 Å². The average Bonchev–Trinajstić information content (AvgIpc) is 3.26. The molecule has 1 aromatic heterocycles. The Bertz CT molecular complexity index is 691. The number of hydrogen-bond donors (Lipinski definition) is 1. The number of rotatable bonds is 7. The van der Waals surface area contributed by atoms with Crippen LogP contribution >= 0.6 is 11.3 Å². The molecule has 3 rings (SSSR count). The van der Waals surface area contributed by atoms with E-state index in [1.54, 1.807) is 11.3 Å². The summed E-state index contributed by atoms with van der Waals surface area (Å²) in [6.07, 6.45) is 1.86. The lowest BCUT2D eigenvalue weighted by molar-refractivity contribution is 0.223. The third kappa shape index (κ3) is 4.99. The maximum atomic E-state index is 6.35. The highest BCUT2D eigenvalue weighted by molar-refractivity contribution is 7.13. The van der Waals surface area contributed by atoms with Crippen LogP contribution < -0.4 is 10.6 Å². The molecule has 0 bridgehead atoms. The molecule has 0 radical (unpaired) electrons. The minimum Gasteiger partial charge on any atom is -0.370 e. The van der Waals surface area contributed by atoms with Crippen molar-refractivity contribution in [2.45, 2.75) is 19.9 Å². The number of nitrogens with two attached hydrogens (primary N) is 1. The molecule has 1 saturated heterocycles. The van der Waals surface area contributed by atoms with Gasteiger partial charge >= 0.3 is 0 Å². The van der Waals surface area contributed by atoms with Crippen LogP contribution in [0.25, 0.3) is 0 Å². The van der Waals surface area contributed by atoms with Gasteiger partial charge in [0.2, 0.25) is 0 Å². The van der Waals surface area contributed by atoms with Gasteiger partial charge in [0.1, 0.15) is 0 Å². The molecule has 146 valence electrons. The van der Waals surface area contributed by atoms with E-state index in [4.69, 9.17) is 10.7 Å². The van der Waals surface area contributed by atoms with Gasteiger partial charge in [0.15, 0.2) is 11.1 Å². The minimum atomic E-state index is 0.261. The van der Waals surface area contributed by atoms with Crippen LogP contribution in [0.2, 0.25) is 0 Å². The molecular formula is C20H30N6S. The predicted octanol–water partition coefficient (Wildman–Crippen LogP) is 2.66. The first-order chi connectivity index (χ1) is 13.2. The van der Waals surface area contributed by atoms with Crippen molar-refractivity contribution in [2.24, 2.45) is 10.7 Å². The Hall–Kier alpha value is -2.12. The molecule has 1 fully saturated rings. The van der Waals surface area contributed by atoms with Crippen molar-refractivity contribution < 1.29 is 0 Å². The van der Waals surface area contributed by atoms with Crippen LogP contribution in [-0.2, 0) is 0 Å². The Labute approximate surface area is 166 Å². The van der Waals surface area contributed by atoms with Gasteiger partial charge < -0.3 is 15.5 Å². The second-order valence-electron chi connectivity index (χ2n) is 6.64. The normalized spacial score (nSPS) is 16.8. The molecule has 1 atom stereocenters. The van der Waals surface area contributed by atoms with E-state index in [0.717, 1.165) is 44.4 Å². The smallest absolute Gasteiger partial charge is 0.191 e. The van der Waals surface area contributed by atoms with E-state index in [-0.39, 0.29) is 6.04 Å². The molecule has 2 aromatic rings. The second-order valence-corrected chi connectivity index (χ2v) is 7.51. The monoisotopic (exact) mass is 386 g/mol. The molecule has 0 aliphatic carbocycles.